The number of nitro groups is 1. The average molecular weight is 373 g/mol. The number of ether oxygens (including phenoxy) is 2. The molecule has 138 valence electrons. The molecule has 1 aromatic rings. The van der Waals surface area contributed by atoms with Crippen LogP contribution in [0.3, 0.4) is 0 Å². The van der Waals surface area contributed by atoms with Crippen molar-refractivity contribution in [1.82, 2.24) is 4.90 Å². The van der Waals surface area contributed by atoms with Crippen LogP contribution in [0.4, 0.5) is 10.5 Å². The SMILES string of the molecule is CCOC(=O)CN(Cc1cc(Cl)ccc1[N+](=O)[O-])C(=O)OC(C)(C)C. The Bertz CT molecular complexity index is 657. The first-order valence-electron chi connectivity index (χ1n) is 7.60. The molecule has 0 spiro atoms. The van der Waals surface area contributed by atoms with E-state index in [1.807, 2.05) is 0 Å². The summed E-state index contributed by atoms with van der Waals surface area (Å²) in [7, 11) is 0. The fourth-order valence-electron chi connectivity index (χ4n) is 1.94. The van der Waals surface area contributed by atoms with Crippen molar-refractivity contribution in [3.63, 3.8) is 0 Å². The van der Waals surface area contributed by atoms with Crippen molar-refractivity contribution in [2.45, 2.75) is 39.8 Å². The smallest absolute Gasteiger partial charge is 0.411 e. The van der Waals surface area contributed by atoms with E-state index in [0.29, 0.717) is 0 Å². The lowest BCUT2D eigenvalue weighted by molar-refractivity contribution is -0.385. The molecule has 1 rings (SSSR count). The third kappa shape index (κ3) is 6.96. The highest BCUT2D eigenvalue weighted by Gasteiger charge is 2.27. The highest BCUT2D eigenvalue weighted by atomic mass is 35.5. The molecule has 0 saturated heterocycles. The zero-order chi connectivity index (χ0) is 19.2. The Kier molecular flexibility index (Phi) is 7.17. The van der Waals surface area contributed by atoms with Crippen molar-refractivity contribution in [1.29, 1.82) is 0 Å². The molecular weight excluding hydrogens is 352 g/mol. The van der Waals surface area contributed by atoms with E-state index in [-0.39, 0.29) is 29.4 Å². The van der Waals surface area contributed by atoms with E-state index < -0.39 is 29.1 Å². The number of nitro benzene ring substituents is 1. The Labute approximate surface area is 150 Å². The van der Waals surface area contributed by atoms with E-state index in [0.717, 1.165) is 4.90 Å². The van der Waals surface area contributed by atoms with Crippen LogP contribution in [0.5, 0.6) is 0 Å². The standard InChI is InChI=1S/C16H21ClN2O6/c1-5-24-14(20)10-18(15(21)25-16(2,3)4)9-11-8-12(17)6-7-13(11)19(22)23/h6-8H,5,9-10H2,1-4H3. The number of carbonyl (C=O) groups excluding carboxylic acids is 2. The molecule has 9 heteroatoms. The molecule has 1 amide bonds. The number of esters is 1. The first-order chi connectivity index (χ1) is 11.5. The van der Waals surface area contributed by atoms with Gasteiger partial charge in [0.15, 0.2) is 0 Å². The summed E-state index contributed by atoms with van der Waals surface area (Å²) < 4.78 is 10.1. The number of carbonyl (C=O) groups is 2. The molecule has 0 bridgehead atoms. The average Bonchev–Trinajstić information content (AvgIpc) is 2.44. The molecule has 0 saturated carbocycles. The molecule has 0 atom stereocenters. The Hall–Kier alpha value is -2.35. The summed E-state index contributed by atoms with van der Waals surface area (Å²) in [5.74, 6) is -0.641. The second kappa shape index (κ2) is 8.66. The van der Waals surface area contributed by atoms with Crippen molar-refractivity contribution < 1.29 is 24.0 Å². The second-order valence-corrected chi connectivity index (χ2v) is 6.61. The van der Waals surface area contributed by atoms with Gasteiger partial charge in [-0.15, -0.1) is 0 Å². The van der Waals surface area contributed by atoms with Crippen LogP contribution in [0.1, 0.15) is 33.3 Å². The zero-order valence-corrected chi connectivity index (χ0v) is 15.3. The van der Waals surface area contributed by atoms with Crippen LogP contribution in [-0.2, 0) is 20.8 Å². The van der Waals surface area contributed by atoms with Gasteiger partial charge in [-0.05, 0) is 39.8 Å². The summed E-state index contributed by atoms with van der Waals surface area (Å²) in [6.45, 7) is 6.20. The summed E-state index contributed by atoms with van der Waals surface area (Å²) in [5.41, 5.74) is -0.806. The van der Waals surface area contributed by atoms with E-state index in [9.17, 15) is 19.7 Å². The molecule has 1 aromatic carbocycles. The fraction of sp³-hybridized carbons (Fsp3) is 0.500. The topological polar surface area (TPSA) is 99.0 Å². The van der Waals surface area contributed by atoms with Crippen LogP contribution in [0.25, 0.3) is 0 Å². The summed E-state index contributed by atoms with van der Waals surface area (Å²) in [5, 5.41) is 11.5. The van der Waals surface area contributed by atoms with Gasteiger partial charge >= 0.3 is 12.1 Å². The number of hydrogen-bond acceptors (Lipinski definition) is 6. The Balaban J connectivity index is 3.11. The van der Waals surface area contributed by atoms with E-state index in [1.165, 1.54) is 18.2 Å². The quantitative estimate of drug-likeness (QED) is 0.430. The van der Waals surface area contributed by atoms with Gasteiger partial charge < -0.3 is 9.47 Å². The molecule has 0 aromatic heterocycles. The summed E-state index contributed by atoms with van der Waals surface area (Å²) in [6, 6.07) is 4.00. The van der Waals surface area contributed by atoms with E-state index in [1.54, 1.807) is 27.7 Å². The van der Waals surface area contributed by atoms with Crippen molar-refractivity contribution in [3.8, 4) is 0 Å². The minimum Gasteiger partial charge on any atom is -0.465 e. The molecule has 0 aliphatic rings. The summed E-state index contributed by atoms with van der Waals surface area (Å²) >= 11 is 5.90. The van der Waals surface area contributed by atoms with Gasteiger partial charge in [0.2, 0.25) is 0 Å². The lowest BCUT2D eigenvalue weighted by Crippen LogP contribution is -2.40. The van der Waals surface area contributed by atoms with Crippen molar-refractivity contribution in [2.75, 3.05) is 13.2 Å². The largest absolute Gasteiger partial charge is 0.465 e. The normalized spacial score (nSPS) is 10.9. The van der Waals surface area contributed by atoms with Gasteiger partial charge in [-0.3, -0.25) is 19.8 Å². The van der Waals surface area contributed by atoms with Crippen LogP contribution < -0.4 is 0 Å². The maximum absolute atomic E-state index is 12.4. The molecule has 0 heterocycles. The summed E-state index contributed by atoms with van der Waals surface area (Å²) in [6.07, 6.45) is -0.783. The monoisotopic (exact) mass is 372 g/mol. The van der Waals surface area contributed by atoms with Crippen molar-refractivity contribution in [2.24, 2.45) is 0 Å². The van der Waals surface area contributed by atoms with E-state index in [2.05, 4.69) is 0 Å². The highest BCUT2D eigenvalue weighted by Crippen LogP contribution is 2.25. The second-order valence-electron chi connectivity index (χ2n) is 6.17. The molecule has 0 unspecified atom stereocenters. The fourth-order valence-corrected chi connectivity index (χ4v) is 2.13. The van der Waals surface area contributed by atoms with Gasteiger partial charge in [-0.2, -0.15) is 0 Å². The molecule has 0 radical (unpaired) electrons. The third-order valence-electron chi connectivity index (χ3n) is 2.88. The maximum Gasteiger partial charge on any atom is 0.411 e. The molecule has 25 heavy (non-hydrogen) atoms. The van der Waals surface area contributed by atoms with Crippen LogP contribution in [0, 0.1) is 10.1 Å². The van der Waals surface area contributed by atoms with Crippen molar-refractivity contribution in [3.05, 3.63) is 38.9 Å². The van der Waals surface area contributed by atoms with Gasteiger partial charge in [-0.1, -0.05) is 11.6 Å². The first kappa shape index (κ1) is 20.7. The Morgan fingerprint density at radius 1 is 1.32 bits per heavy atom. The number of rotatable bonds is 6. The van der Waals surface area contributed by atoms with Gasteiger partial charge in [0, 0.05) is 11.1 Å². The van der Waals surface area contributed by atoms with Crippen LogP contribution in [0.15, 0.2) is 18.2 Å². The first-order valence-corrected chi connectivity index (χ1v) is 7.97. The number of nitrogens with zero attached hydrogens (tertiary/aromatic N) is 2. The summed E-state index contributed by atoms with van der Waals surface area (Å²) in [4.78, 5) is 35.8. The van der Waals surface area contributed by atoms with Crippen molar-refractivity contribution >= 4 is 29.4 Å². The molecule has 8 nitrogen and oxygen atoms in total. The zero-order valence-electron chi connectivity index (χ0n) is 14.6. The lowest BCUT2D eigenvalue weighted by atomic mass is 10.1. The molecule has 0 fully saturated rings. The third-order valence-corrected chi connectivity index (χ3v) is 3.11. The number of benzene rings is 1. The number of halogens is 1. The van der Waals surface area contributed by atoms with Crippen LogP contribution >= 0.6 is 11.6 Å². The molecule has 0 aliphatic carbocycles. The molecule has 0 aliphatic heterocycles. The Morgan fingerprint density at radius 2 is 1.96 bits per heavy atom. The molecule has 0 N–H and O–H groups in total. The van der Waals surface area contributed by atoms with Gasteiger partial charge in [0.05, 0.1) is 23.6 Å². The van der Waals surface area contributed by atoms with Crippen LogP contribution in [0.2, 0.25) is 5.02 Å². The molecular formula is C16H21ClN2O6. The van der Waals surface area contributed by atoms with E-state index in [4.69, 9.17) is 21.1 Å². The van der Waals surface area contributed by atoms with Gasteiger partial charge in [-0.25, -0.2) is 4.79 Å². The van der Waals surface area contributed by atoms with E-state index >= 15 is 0 Å². The van der Waals surface area contributed by atoms with Gasteiger partial charge in [0.1, 0.15) is 12.1 Å². The maximum atomic E-state index is 12.4. The predicted octanol–water partition coefficient (Wildman–Crippen LogP) is 3.55. The number of amides is 1. The van der Waals surface area contributed by atoms with Crippen LogP contribution in [-0.4, -0.2) is 40.6 Å². The minimum absolute atomic E-state index is 0.151. The lowest BCUT2D eigenvalue weighted by Gasteiger charge is -2.26. The Morgan fingerprint density at radius 3 is 2.48 bits per heavy atom. The number of hydrogen-bond donors (Lipinski definition) is 0. The highest BCUT2D eigenvalue weighted by molar-refractivity contribution is 6.30. The van der Waals surface area contributed by atoms with Gasteiger partial charge in [0.25, 0.3) is 5.69 Å². The minimum atomic E-state index is -0.787. The predicted molar refractivity (Wildman–Crippen MR) is 91.4 cm³/mol.